The first-order chi connectivity index (χ1) is 16.0. The van der Waals surface area contributed by atoms with E-state index in [1.807, 2.05) is 0 Å². The highest BCUT2D eigenvalue weighted by Crippen LogP contribution is 2.84. The average molecular weight is 491 g/mol. The van der Waals surface area contributed by atoms with Crippen LogP contribution in [0.15, 0.2) is 66.3 Å². The average Bonchev–Trinajstić information content (AvgIpc) is 3.50. The summed E-state index contributed by atoms with van der Waals surface area (Å²) in [6.07, 6.45) is 28.1. The summed E-state index contributed by atoms with van der Waals surface area (Å²) in [7, 11) is -1.79. The zero-order valence-electron chi connectivity index (χ0n) is 22.2. The maximum atomic E-state index is 2.63. The maximum absolute atomic E-state index is 2.63. The predicted octanol–water partition coefficient (Wildman–Crippen LogP) is 9.25. The molecule has 0 saturated carbocycles. The molecule has 0 aromatic heterocycles. The van der Waals surface area contributed by atoms with Crippen LogP contribution in [0.1, 0.15) is 61.1 Å². The van der Waals surface area contributed by atoms with Gasteiger partial charge in [-0.3, -0.25) is 0 Å². The minimum absolute atomic E-state index is 0.342. The van der Waals surface area contributed by atoms with E-state index in [-0.39, 0.29) is 0 Å². The summed E-state index contributed by atoms with van der Waals surface area (Å²) < 4.78 is 0. The second-order valence-corrected chi connectivity index (χ2v) is 23.8. The zero-order valence-corrected chi connectivity index (χ0v) is 23.8. The van der Waals surface area contributed by atoms with Gasteiger partial charge in [0, 0.05) is 10.5 Å². The van der Waals surface area contributed by atoms with Gasteiger partial charge in [-0.05, 0) is 89.5 Å². The van der Waals surface area contributed by atoms with Crippen molar-refractivity contribution >= 4 is 24.2 Å². The molecule has 0 radical (unpaired) electrons. The van der Waals surface area contributed by atoms with E-state index in [4.69, 9.17) is 0 Å². The monoisotopic (exact) mass is 490 g/mol. The van der Waals surface area contributed by atoms with Gasteiger partial charge in [0.1, 0.15) is 0 Å². The van der Waals surface area contributed by atoms with E-state index in [1.165, 1.54) is 42.4 Å². The molecule has 2 aromatic rings. The van der Waals surface area contributed by atoms with Crippen LogP contribution >= 0.6 is 18.1 Å². The molecule has 0 saturated heterocycles. The van der Waals surface area contributed by atoms with Crippen molar-refractivity contribution in [2.24, 2.45) is 5.41 Å². The van der Waals surface area contributed by atoms with Gasteiger partial charge in [-0.1, -0.05) is 93.1 Å². The Morgan fingerprint density at radius 3 is 2.32 bits per heavy atom. The second-order valence-electron chi connectivity index (χ2n) is 12.3. The quantitative estimate of drug-likeness (QED) is 0.366. The third-order valence-corrected chi connectivity index (χ3v) is 21.6. The molecule has 0 spiro atoms. The molecule has 0 heterocycles. The third-order valence-electron chi connectivity index (χ3n) is 8.27. The Labute approximate surface area is 210 Å². The van der Waals surface area contributed by atoms with E-state index < -0.39 is 18.1 Å². The van der Waals surface area contributed by atoms with Gasteiger partial charge < -0.3 is 0 Å². The molecule has 0 nitrogen and oxygen atoms in total. The molecular formula is C32H42S2. The number of hydrogen-bond acceptors (Lipinski definition) is 0. The number of benzene rings is 2. The van der Waals surface area contributed by atoms with Crippen LogP contribution in [0, 0.1) is 5.41 Å². The van der Waals surface area contributed by atoms with Gasteiger partial charge in [0.2, 0.25) is 0 Å². The first-order valence-electron chi connectivity index (χ1n) is 12.7. The highest BCUT2D eigenvalue weighted by molar-refractivity contribution is 9.07. The Balaban J connectivity index is 1.54. The fraction of sp³-hybridized carbons (Fsp3) is 0.438. The summed E-state index contributed by atoms with van der Waals surface area (Å²) in [5.41, 5.74) is 11.2. The molecule has 2 aromatic carbocycles. The van der Waals surface area contributed by atoms with Gasteiger partial charge in [-0.15, -0.1) is 0 Å². The molecule has 2 atom stereocenters. The molecule has 2 heteroatoms. The molecule has 0 N–H and O–H groups in total. The van der Waals surface area contributed by atoms with Crippen molar-refractivity contribution in [1.82, 2.24) is 0 Å². The fourth-order valence-corrected chi connectivity index (χ4v) is 13.6. The summed E-state index contributed by atoms with van der Waals surface area (Å²) in [4.78, 5) is 0. The van der Waals surface area contributed by atoms with E-state index in [0.717, 1.165) is 0 Å². The zero-order chi connectivity index (χ0) is 24.3. The van der Waals surface area contributed by atoms with Crippen LogP contribution < -0.4 is 0 Å². The molecule has 0 bridgehead atoms. The minimum atomic E-state index is -0.918. The van der Waals surface area contributed by atoms with Gasteiger partial charge in [-0.2, -0.15) is 0 Å². The lowest BCUT2D eigenvalue weighted by Crippen LogP contribution is -2.20. The first kappa shape index (κ1) is 24.1. The topological polar surface area (TPSA) is 0 Å². The number of rotatable bonds is 5. The van der Waals surface area contributed by atoms with Gasteiger partial charge in [0.25, 0.3) is 0 Å². The van der Waals surface area contributed by atoms with Crippen molar-refractivity contribution in [3.63, 3.8) is 0 Å². The maximum Gasteiger partial charge on any atom is 0.0394 e. The smallest absolute Gasteiger partial charge is 0.0394 e. The fourth-order valence-electron chi connectivity index (χ4n) is 6.09. The summed E-state index contributed by atoms with van der Waals surface area (Å²) >= 11 is 0. The Bertz CT molecular complexity index is 1190. The lowest BCUT2D eigenvalue weighted by atomic mass is 9.88. The minimum Gasteiger partial charge on any atom is -0.205 e. The van der Waals surface area contributed by atoms with Crippen LogP contribution in [-0.2, 0) is 12.8 Å². The van der Waals surface area contributed by atoms with E-state index >= 15 is 0 Å². The van der Waals surface area contributed by atoms with Gasteiger partial charge >= 0.3 is 0 Å². The Morgan fingerprint density at radius 2 is 1.62 bits per heavy atom. The normalized spacial score (nSPS) is 22.6. The van der Waals surface area contributed by atoms with Crippen LogP contribution in [-0.4, -0.2) is 30.3 Å². The number of fused-ring (bicyclic) bond motifs is 2. The molecule has 34 heavy (non-hydrogen) atoms. The SMILES string of the molecule is CC(C)(C)CC1=CC(S(C)(C)S(C)(C)C2C=Cc3c2cc2c(c3-c3ccccc3)CCC2)C=C1. The van der Waals surface area contributed by atoms with Crippen LogP contribution in [0.4, 0.5) is 0 Å². The van der Waals surface area contributed by atoms with Gasteiger partial charge in [0.15, 0.2) is 0 Å². The largest absolute Gasteiger partial charge is 0.205 e. The van der Waals surface area contributed by atoms with Crippen molar-refractivity contribution in [1.29, 1.82) is 0 Å². The second kappa shape index (κ2) is 8.49. The van der Waals surface area contributed by atoms with Crippen molar-refractivity contribution in [2.45, 2.75) is 57.0 Å². The highest BCUT2D eigenvalue weighted by atomic mass is 33.2. The lowest BCUT2D eigenvalue weighted by Gasteiger charge is -2.57. The standard InChI is InChI=1S/C32H42S2/c1-32(2,3)22-23-16-17-26(20-23)33(4,5)34(6,7)30-19-18-28-29(30)21-25-14-11-15-27(25)31(28)24-12-9-8-10-13-24/h8-10,12-13,16-21,26,30H,11,14-15,22H2,1-7H3. The van der Waals surface area contributed by atoms with E-state index in [9.17, 15) is 0 Å². The van der Waals surface area contributed by atoms with E-state index in [0.29, 0.717) is 15.9 Å². The summed E-state index contributed by atoms with van der Waals surface area (Å²) in [5, 5.41) is 1.14. The van der Waals surface area contributed by atoms with Crippen LogP contribution in [0.2, 0.25) is 0 Å². The van der Waals surface area contributed by atoms with Crippen molar-refractivity contribution < 1.29 is 0 Å². The molecule has 3 aliphatic carbocycles. The molecule has 3 aliphatic rings. The van der Waals surface area contributed by atoms with Crippen molar-refractivity contribution in [3.05, 3.63) is 88.5 Å². The third kappa shape index (κ3) is 4.05. The van der Waals surface area contributed by atoms with Crippen LogP contribution in [0.5, 0.6) is 0 Å². The Kier molecular flexibility index (Phi) is 6.01. The Hall–Kier alpha value is -1.64. The molecule has 5 rings (SSSR count). The van der Waals surface area contributed by atoms with E-state index in [2.05, 4.69) is 113 Å². The van der Waals surface area contributed by atoms with Gasteiger partial charge in [0.05, 0.1) is 0 Å². The molecule has 0 amide bonds. The summed E-state index contributed by atoms with van der Waals surface area (Å²) in [5.74, 6) is 0. The molecule has 2 unspecified atom stereocenters. The van der Waals surface area contributed by atoms with Crippen LogP contribution in [0.25, 0.3) is 17.2 Å². The Morgan fingerprint density at radius 1 is 0.882 bits per heavy atom. The number of allylic oxidation sites excluding steroid dienone is 2. The number of hydrogen-bond donors (Lipinski definition) is 0. The molecule has 0 fully saturated rings. The lowest BCUT2D eigenvalue weighted by molar-refractivity contribution is 0.413. The summed E-state index contributed by atoms with van der Waals surface area (Å²) in [6.45, 7) is 7.06. The highest BCUT2D eigenvalue weighted by Gasteiger charge is 2.42. The molecule has 0 aliphatic heterocycles. The van der Waals surface area contributed by atoms with Crippen molar-refractivity contribution in [3.8, 4) is 11.1 Å². The molecular weight excluding hydrogens is 448 g/mol. The predicted molar refractivity (Wildman–Crippen MR) is 160 cm³/mol. The first-order valence-corrected chi connectivity index (χ1v) is 18.3. The van der Waals surface area contributed by atoms with Crippen LogP contribution in [0.3, 0.4) is 0 Å². The number of aryl methyl sites for hydroxylation is 1. The van der Waals surface area contributed by atoms with Crippen molar-refractivity contribution in [2.75, 3.05) is 25.0 Å². The summed E-state index contributed by atoms with van der Waals surface area (Å²) in [6, 6.07) is 13.8. The molecule has 182 valence electrons. The van der Waals surface area contributed by atoms with E-state index in [1.54, 1.807) is 22.3 Å². The van der Waals surface area contributed by atoms with Gasteiger partial charge in [-0.25, -0.2) is 18.1 Å².